The van der Waals surface area contributed by atoms with E-state index in [0.717, 1.165) is 11.1 Å². The molecule has 6 nitrogen and oxygen atoms in total. The molecule has 4 rings (SSSR count). The molecular weight excluding hydrogens is 475 g/mol. The van der Waals surface area contributed by atoms with Crippen molar-refractivity contribution in [2.24, 2.45) is 0 Å². The summed E-state index contributed by atoms with van der Waals surface area (Å²) in [5.74, 6) is -0.741. The Morgan fingerprint density at radius 2 is 1.56 bits per heavy atom. The van der Waals surface area contributed by atoms with Crippen LogP contribution in [0, 0.1) is 17.1 Å². The molecule has 0 atom stereocenters. The van der Waals surface area contributed by atoms with E-state index in [2.05, 4.69) is 16.7 Å². The Kier molecular flexibility index (Phi) is 8.19. The van der Waals surface area contributed by atoms with Gasteiger partial charge in [-0.1, -0.05) is 30.3 Å². The van der Waals surface area contributed by atoms with E-state index in [-0.39, 0.29) is 24.2 Å². The number of nitrogens with one attached hydrogen (secondary N) is 2. The van der Waals surface area contributed by atoms with Crippen molar-refractivity contribution in [2.75, 3.05) is 17.2 Å². The fraction of sp³-hybridized carbons (Fsp3) is 0.107. The highest BCUT2D eigenvalue weighted by Gasteiger charge is 2.14. The van der Waals surface area contributed by atoms with Crippen LogP contribution in [-0.2, 0) is 17.9 Å². The number of benzene rings is 3. The highest BCUT2D eigenvalue weighted by Crippen LogP contribution is 2.17. The topological polar surface area (TPSA) is 85.2 Å². The first-order valence-electron chi connectivity index (χ1n) is 11.2. The molecule has 0 spiro atoms. The Hall–Kier alpha value is -4.32. The molecule has 0 aliphatic heterocycles. The van der Waals surface area contributed by atoms with Crippen LogP contribution in [-0.4, -0.2) is 23.3 Å². The molecule has 4 aromatic rings. The number of anilines is 2. The molecule has 2 N–H and O–H groups in total. The molecular formula is C28H23FN4O2S. The minimum atomic E-state index is -0.332. The van der Waals surface area contributed by atoms with Crippen LogP contribution >= 0.6 is 11.3 Å². The van der Waals surface area contributed by atoms with E-state index in [1.165, 1.54) is 23.5 Å². The summed E-state index contributed by atoms with van der Waals surface area (Å²) in [5.41, 5.74) is 3.47. The number of carbonyl (C=O) groups is 2. The van der Waals surface area contributed by atoms with Crippen LogP contribution in [0.5, 0.6) is 0 Å². The van der Waals surface area contributed by atoms with Crippen molar-refractivity contribution >= 4 is 34.5 Å². The van der Waals surface area contributed by atoms with Gasteiger partial charge in [0.1, 0.15) is 5.82 Å². The lowest BCUT2D eigenvalue weighted by atomic mass is 10.1. The average Bonchev–Trinajstić information content (AvgIpc) is 3.41. The largest absolute Gasteiger partial charge is 0.325 e. The zero-order chi connectivity index (χ0) is 25.3. The fourth-order valence-corrected chi connectivity index (χ4v) is 4.26. The SMILES string of the molecule is N#Cc1ccc(CN(CC(=O)Nc2ccc(NC(=O)c3cccs3)cc2)Cc2cccc(F)c2)cc1. The summed E-state index contributed by atoms with van der Waals surface area (Å²) in [4.78, 5) is 27.6. The summed E-state index contributed by atoms with van der Waals surface area (Å²) in [6.45, 7) is 0.898. The van der Waals surface area contributed by atoms with Crippen molar-refractivity contribution in [3.8, 4) is 6.07 Å². The lowest BCUT2D eigenvalue weighted by Crippen LogP contribution is -2.32. The van der Waals surface area contributed by atoms with Gasteiger partial charge in [0, 0.05) is 24.5 Å². The molecule has 0 fully saturated rings. The number of nitriles is 1. The standard InChI is InChI=1S/C28H23FN4O2S/c29-23-4-1-3-22(15-23)18-33(17-21-8-6-20(16-30)7-9-21)19-27(34)31-24-10-12-25(13-11-24)32-28(35)26-5-2-14-36-26/h1-15H,17-19H2,(H,31,34)(H,32,35). The maximum atomic E-state index is 13.7. The maximum absolute atomic E-state index is 13.7. The molecule has 0 aliphatic rings. The molecule has 36 heavy (non-hydrogen) atoms. The lowest BCUT2D eigenvalue weighted by Gasteiger charge is -2.22. The fourth-order valence-electron chi connectivity index (χ4n) is 3.65. The van der Waals surface area contributed by atoms with Gasteiger partial charge >= 0.3 is 0 Å². The van der Waals surface area contributed by atoms with Crippen LogP contribution in [0.1, 0.15) is 26.4 Å². The Bertz CT molecular complexity index is 1360. The van der Waals surface area contributed by atoms with E-state index < -0.39 is 0 Å². The first-order chi connectivity index (χ1) is 17.5. The molecule has 0 saturated carbocycles. The van der Waals surface area contributed by atoms with E-state index in [1.807, 2.05) is 34.5 Å². The zero-order valence-corrected chi connectivity index (χ0v) is 20.1. The van der Waals surface area contributed by atoms with Gasteiger partial charge in [0.05, 0.1) is 23.1 Å². The predicted molar refractivity (Wildman–Crippen MR) is 139 cm³/mol. The second kappa shape index (κ2) is 11.9. The molecule has 1 heterocycles. The first-order valence-corrected chi connectivity index (χ1v) is 12.1. The van der Waals surface area contributed by atoms with Crippen LogP contribution in [0.4, 0.5) is 15.8 Å². The van der Waals surface area contributed by atoms with Crippen LogP contribution < -0.4 is 10.6 Å². The zero-order valence-electron chi connectivity index (χ0n) is 19.3. The minimum absolute atomic E-state index is 0.0768. The maximum Gasteiger partial charge on any atom is 0.265 e. The Labute approximate surface area is 212 Å². The number of thiophene rings is 1. The molecule has 0 aliphatic carbocycles. The van der Waals surface area contributed by atoms with E-state index in [4.69, 9.17) is 5.26 Å². The third kappa shape index (κ3) is 7.09. The van der Waals surface area contributed by atoms with Crippen LogP contribution in [0.15, 0.2) is 90.3 Å². The van der Waals surface area contributed by atoms with Crippen molar-refractivity contribution in [3.05, 3.63) is 118 Å². The Morgan fingerprint density at radius 1 is 0.861 bits per heavy atom. The van der Waals surface area contributed by atoms with Gasteiger partial charge in [-0.25, -0.2) is 4.39 Å². The molecule has 0 bridgehead atoms. The number of hydrogen-bond acceptors (Lipinski definition) is 5. The van der Waals surface area contributed by atoms with Crippen LogP contribution in [0.3, 0.4) is 0 Å². The number of amides is 2. The third-order valence-electron chi connectivity index (χ3n) is 5.32. The second-order valence-corrected chi connectivity index (χ2v) is 9.09. The highest BCUT2D eigenvalue weighted by atomic mass is 32.1. The van der Waals surface area contributed by atoms with E-state index >= 15 is 0 Å². The van der Waals surface area contributed by atoms with E-state index in [9.17, 15) is 14.0 Å². The molecule has 180 valence electrons. The normalized spacial score (nSPS) is 10.6. The van der Waals surface area contributed by atoms with Gasteiger partial charge in [0.2, 0.25) is 5.91 Å². The first kappa shape index (κ1) is 24.8. The molecule has 2 amide bonds. The number of carbonyl (C=O) groups excluding carboxylic acids is 2. The van der Waals surface area contributed by atoms with Crippen molar-refractivity contribution in [1.82, 2.24) is 4.90 Å². The molecule has 8 heteroatoms. The van der Waals surface area contributed by atoms with Crippen molar-refractivity contribution in [3.63, 3.8) is 0 Å². The number of nitrogens with zero attached hydrogens (tertiary/aromatic N) is 2. The van der Waals surface area contributed by atoms with Gasteiger partial charge in [-0.3, -0.25) is 14.5 Å². The summed E-state index contributed by atoms with van der Waals surface area (Å²) in [5, 5.41) is 16.6. The highest BCUT2D eigenvalue weighted by molar-refractivity contribution is 7.12. The molecule has 1 aromatic heterocycles. The summed E-state index contributed by atoms with van der Waals surface area (Å²) < 4.78 is 13.7. The minimum Gasteiger partial charge on any atom is -0.325 e. The summed E-state index contributed by atoms with van der Waals surface area (Å²) in [6.07, 6.45) is 0. The summed E-state index contributed by atoms with van der Waals surface area (Å²) >= 11 is 1.36. The smallest absolute Gasteiger partial charge is 0.265 e. The predicted octanol–water partition coefficient (Wildman–Crippen LogP) is 5.65. The van der Waals surface area contributed by atoms with Crippen molar-refractivity contribution in [2.45, 2.75) is 13.1 Å². The molecule has 0 radical (unpaired) electrons. The quantitative estimate of drug-likeness (QED) is 0.312. The summed E-state index contributed by atoms with van der Waals surface area (Å²) in [6, 6.07) is 26.0. The van der Waals surface area contributed by atoms with Gasteiger partial charge in [0.15, 0.2) is 0 Å². The van der Waals surface area contributed by atoms with Gasteiger partial charge < -0.3 is 10.6 Å². The van der Waals surface area contributed by atoms with Gasteiger partial charge in [-0.05, 0) is 71.1 Å². The van der Waals surface area contributed by atoms with Crippen LogP contribution in [0.25, 0.3) is 0 Å². The molecule has 0 unspecified atom stereocenters. The Balaban J connectivity index is 1.40. The van der Waals surface area contributed by atoms with Crippen molar-refractivity contribution < 1.29 is 14.0 Å². The van der Waals surface area contributed by atoms with Crippen LogP contribution in [0.2, 0.25) is 0 Å². The number of halogens is 1. The van der Waals surface area contributed by atoms with E-state index in [0.29, 0.717) is 34.9 Å². The Morgan fingerprint density at radius 3 is 2.19 bits per heavy atom. The molecule has 0 saturated heterocycles. The van der Waals surface area contributed by atoms with Gasteiger partial charge in [0.25, 0.3) is 5.91 Å². The van der Waals surface area contributed by atoms with Gasteiger partial charge in [-0.15, -0.1) is 11.3 Å². The monoisotopic (exact) mass is 498 g/mol. The summed E-state index contributed by atoms with van der Waals surface area (Å²) in [7, 11) is 0. The van der Waals surface area contributed by atoms with E-state index in [1.54, 1.807) is 48.5 Å². The second-order valence-electron chi connectivity index (χ2n) is 8.14. The third-order valence-corrected chi connectivity index (χ3v) is 6.19. The van der Waals surface area contributed by atoms with Crippen molar-refractivity contribution in [1.29, 1.82) is 5.26 Å². The number of rotatable bonds is 9. The van der Waals surface area contributed by atoms with Gasteiger partial charge in [-0.2, -0.15) is 5.26 Å². The average molecular weight is 499 g/mol. The lowest BCUT2D eigenvalue weighted by molar-refractivity contribution is -0.117. The molecule has 3 aromatic carbocycles. The number of hydrogen-bond donors (Lipinski definition) is 2.